The monoisotopic (exact) mass is 422 g/mol. The average Bonchev–Trinajstić information content (AvgIpc) is 2.85. The number of rotatable bonds is 3. The van der Waals surface area contributed by atoms with E-state index in [1.807, 2.05) is 0 Å². The second-order valence-electron chi connectivity index (χ2n) is 10.5. The largest absolute Gasteiger partial charge is 0.397 e. The van der Waals surface area contributed by atoms with Gasteiger partial charge in [-0.1, -0.05) is 30.6 Å². The van der Waals surface area contributed by atoms with Gasteiger partial charge in [-0.05, 0) is 99.9 Å². The van der Waals surface area contributed by atoms with Gasteiger partial charge in [0.1, 0.15) is 0 Å². The Labute approximate surface area is 174 Å². The van der Waals surface area contributed by atoms with E-state index in [2.05, 4.69) is 27.7 Å². The second-order valence-corrected chi connectivity index (χ2v) is 11.6. The lowest BCUT2D eigenvalue weighted by molar-refractivity contribution is -0.115. The zero-order valence-electron chi connectivity index (χ0n) is 18.2. The van der Waals surface area contributed by atoms with E-state index >= 15 is 0 Å². The number of hydrogen-bond donors (Lipinski definition) is 1. The van der Waals surface area contributed by atoms with E-state index in [-0.39, 0.29) is 16.6 Å². The van der Waals surface area contributed by atoms with E-state index in [9.17, 15) is 13.2 Å². The Kier molecular flexibility index (Phi) is 4.96. The van der Waals surface area contributed by atoms with Crippen LogP contribution in [0, 0.1) is 28.6 Å². The van der Waals surface area contributed by atoms with Crippen LogP contribution in [0.1, 0.15) is 79.6 Å². The van der Waals surface area contributed by atoms with Crippen molar-refractivity contribution in [2.45, 2.75) is 85.7 Å². The predicted molar refractivity (Wildman–Crippen MR) is 112 cm³/mol. The second kappa shape index (κ2) is 6.76. The van der Waals surface area contributed by atoms with Gasteiger partial charge in [0.2, 0.25) is 0 Å². The normalized spacial score (nSPS) is 42.4. The number of Topliss-reactive ketones (excluding diaryl/α,β-unsaturated/α-hetero) is 1. The van der Waals surface area contributed by atoms with Crippen LogP contribution in [0.4, 0.5) is 0 Å². The number of fused-ring (bicyclic) bond motifs is 5. The summed E-state index contributed by atoms with van der Waals surface area (Å²) in [5.74, 6) is 1.88. The summed E-state index contributed by atoms with van der Waals surface area (Å²) >= 11 is 0. The maximum Gasteiger partial charge on any atom is 0.397 e. The van der Waals surface area contributed by atoms with Crippen molar-refractivity contribution < 1.29 is 21.9 Å². The third-order valence-corrected chi connectivity index (χ3v) is 9.46. The molecule has 6 atom stereocenters. The van der Waals surface area contributed by atoms with Crippen LogP contribution in [0.2, 0.25) is 0 Å². The average molecular weight is 423 g/mol. The SMILES string of the molecule is CC(=O)C1=C(C)C[C@H]2[C@@H]3CC(C)=C4C[C@@H](OS(=O)(=O)O)CC[C@]4(C)[C@H]3CC[C@]12C. The number of carbonyl (C=O) groups is 1. The molecule has 0 aromatic heterocycles. The summed E-state index contributed by atoms with van der Waals surface area (Å²) in [6, 6.07) is 0. The van der Waals surface area contributed by atoms with Crippen LogP contribution in [0.25, 0.3) is 0 Å². The van der Waals surface area contributed by atoms with E-state index < -0.39 is 16.5 Å². The molecule has 1 N–H and O–H groups in total. The van der Waals surface area contributed by atoms with E-state index in [0.717, 1.165) is 37.7 Å². The summed E-state index contributed by atoms with van der Waals surface area (Å²) in [7, 11) is -4.42. The van der Waals surface area contributed by atoms with E-state index in [1.165, 1.54) is 16.7 Å². The number of carbonyl (C=O) groups excluding carboxylic acids is 1. The van der Waals surface area contributed by atoms with Crippen molar-refractivity contribution in [2.75, 3.05) is 0 Å². The third-order valence-electron chi connectivity index (χ3n) is 8.94. The Hall–Kier alpha value is -0.980. The molecule has 2 saturated carbocycles. The number of ketones is 1. The highest BCUT2D eigenvalue weighted by Gasteiger charge is 2.59. The molecular weight excluding hydrogens is 388 g/mol. The van der Waals surface area contributed by atoms with Gasteiger partial charge in [-0.3, -0.25) is 9.35 Å². The lowest BCUT2D eigenvalue weighted by Crippen LogP contribution is -2.51. The third kappa shape index (κ3) is 3.26. The van der Waals surface area contributed by atoms with Crippen LogP contribution in [-0.4, -0.2) is 24.9 Å². The first-order chi connectivity index (χ1) is 13.4. The molecule has 0 bridgehead atoms. The highest BCUT2D eigenvalue weighted by atomic mass is 32.3. The van der Waals surface area contributed by atoms with Gasteiger partial charge in [-0.2, -0.15) is 8.42 Å². The molecule has 5 nitrogen and oxygen atoms in total. The Morgan fingerprint density at radius 1 is 1.00 bits per heavy atom. The molecule has 0 saturated heterocycles. The minimum absolute atomic E-state index is 0.00347. The summed E-state index contributed by atoms with van der Waals surface area (Å²) in [5, 5.41) is 0. The van der Waals surface area contributed by atoms with Crippen LogP contribution in [0.5, 0.6) is 0 Å². The van der Waals surface area contributed by atoms with E-state index in [4.69, 9.17) is 8.74 Å². The minimum atomic E-state index is -4.42. The van der Waals surface area contributed by atoms with E-state index in [1.54, 1.807) is 6.92 Å². The van der Waals surface area contributed by atoms with Crippen molar-refractivity contribution in [2.24, 2.45) is 28.6 Å². The molecule has 0 unspecified atom stereocenters. The molecule has 0 aromatic rings. The van der Waals surface area contributed by atoms with Gasteiger partial charge in [0, 0.05) is 0 Å². The van der Waals surface area contributed by atoms with Gasteiger partial charge in [0.05, 0.1) is 6.10 Å². The summed E-state index contributed by atoms with van der Waals surface area (Å²) in [6.45, 7) is 10.7. The van der Waals surface area contributed by atoms with Gasteiger partial charge >= 0.3 is 10.4 Å². The van der Waals surface area contributed by atoms with E-state index in [0.29, 0.717) is 30.6 Å². The molecule has 4 rings (SSSR count). The zero-order chi connectivity index (χ0) is 21.4. The van der Waals surface area contributed by atoms with Gasteiger partial charge in [-0.25, -0.2) is 4.18 Å². The Morgan fingerprint density at radius 2 is 1.66 bits per heavy atom. The molecule has 4 aliphatic rings. The number of allylic oxidation sites excluding steroid dienone is 3. The first kappa shape index (κ1) is 21.3. The van der Waals surface area contributed by atoms with Crippen molar-refractivity contribution in [3.05, 3.63) is 22.3 Å². The fourth-order valence-corrected chi connectivity index (χ4v) is 8.48. The molecule has 0 spiro atoms. The Morgan fingerprint density at radius 3 is 2.28 bits per heavy atom. The molecule has 0 amide bonds. The predicted octanol–water partition coefficient (Wildman–Crippen LogP) is 5.04. The maximum atomic E-state index is 12.4. The lowest BCUT2D eigenvalue weighted by Gasteiger charge is -2.58. The molecule has 0 heterocycles. The van der Waals surface area contributed by atoms with Crippen LogP contribution in [0.15, 0.2) is 22.3 Å². The van der Waals surface area contributed by atoms with Gasteiger partial charge in [0.15, 0.2) is 5.78 Å². The maximum absolute atomic E-state index is 12.4. The standard InChI is InChI=1S/C23H34O5S/c1-13-10-17-18(7-9-23(5)20(17)11-14(2)21(23)15(3)24)22(4)8-6-16(12-19(13)22)28-29(25,26)27/h16-18,20H,6-12H2,1-5H3,(H,25,26,27)/t16-,17+,18-,20-,22+,23-/m0/s1. The van der Waals surface area contributed by atoms with Gasteiger partial charge in [-0.15, -0.1) is 0 Å². The molecule has 2 fully saturated rings. The molecule has 6 heteroatoms. The molecular formula is C23H34O5S. The van der Waals surface area contributed by atoms with Gasteiger partial charge in [0.25, 0.3) is 0 Å². The first-order valence-electron chi connectivity index (χ1n) is 10.9. The van der Waals surface area contributed by atoms with Crippen molar-refractivity contribution in [1.29, 1.82) is 0 Å². The molecule has 0 radical (unpaired) electrons. The molecule has 4 aliphatic carbocycles. The van der Waals surface area contributed by atoms with Crippen molar-refractivity contribution in [1.82, 2.24) is 0 Å². The summed E-state index contributed by atoms with van der Waals surface area (Å²) < 4.78 is 36.5. The topological polar surface area (TPSA) is 80.7 Å². The van der Waals surface area contributed by atoms with Crippen molar-refractivity contribution in [3.8, 4) is 0 Å². The van der Waals surface area contributed by atoms with Crippen molar-refractivity contribution in [3.63, 3.8) is 0 Å². The molecule has 162 valence electrons. The summed E-state index contributed by atoms with van der Waals surface area (Å²) in [6.07, 6.45) is 5.87. The van der Waals surface area contributed by atoms with Crippen LogP contribution in [-0.2, 0) is 19.4 Å². The first-order valence-corrected chi connectivity index (χ1v) is 12.3. The quantitative estimate of drug-likeness (QED) is 0.509. The highest BCUT2D eigenvalue weighted by molar-refractivity contribution is 7.80. The van der Waals surface area contributed by atoms with Crippen LogP contribution in [0.3, 0.4) is 0 Å². The smallest absolute Gasteiger partial charge is 0.295 e. The summed E-state index contributed by atoms with van der Waals surface area (Å²) in [5.41, 5.74) is 5.13. The summed E-state index contributed by atoms with van der Waals surface area (Å²) in [4.78, 5) is 12.4. The fraction of sp³-hybridized carbons (Fsp3) is 0.783. The van der Waals surface area contributed by atoms with Gasteiger partial charge < -0.3 is 0 Å². The Bertz CT molecular complexity index is 914. The zero-order valence-corrected chi connectivity index (χ0v) is 19.1. The fourth-order valence-electron chi connectivity index (χ4n) is 7.97. The number of hydrogen-bond acceptors (Lipinski definition) is 4. The highest BCUT2D eigenvalue weighted by Crippen LogP contribution is 2.67. The molecule has 29 heavy (non-hydrogen) atoms. The van der Waals surface area contributed by atoms with Crippen molar-refractivity contribution >= 4 is 16.2 Å². The Balaban J connectivity index is 1.66. The van der Waals surface area contributed by atoms with Crippen LogP contribution < -0.4 is 0 Å². The van der Waals surface area contributed by atoms with Crippen LogP contribution >= 0.6 is 0 Å². The molecule has 0 aromatic carbocycles. The minimum Gasteiger partial charge on any atom is -0.295 e. The lowest BCUT2D eigenvalue weighted by atomic mass is 9.46. The molecule has 0 aliphatic heterocycles.